The van der Waals surface area contributed by atoms with E-state index in [0.717, 1.165) is 32.1 Å². The molecule has 0 saturated carbocycles. The predicted octanol–water partition coefficient (Wildman–Crippen LogP) is 7.43. The number of rotatable bonds is 20. The average molecular weight is 399 g/mol. The van der Waals surface area contributed by atoms with Gasteiger partial charge in [0.2, 0.25) is 5.60 Å². The summed E-state index contributed by atoms with van der Waals surface area (Å²) in [6.45, 7) is 5.58. The third-order valence-corrected chi connectivity index (χ3v) is 5.60. The maximum atomic E-state index is 11.8. The van der Waals surface area contributed by atoms with Gasteiger partial charge in [-0.3, -0.25) is 4.79 Å². The molecule has 0 radical (unpaired) electrons. The van der Waals surface area contributed by atoms with Gasteiger partial charge >= 0.3 is 11.9 Å². The van der Waals surface area contributed by atoms with Crippen molar-refractivity contribution in [2.45, 2.75) is 142 Å². The van der Waals surface area contributed by atoms with Crippen molar-refractivity contribution in [2.24, 2.45) is 0 Å². The van der Waals surface area contributed by atoms with E-state index in [1.54, 1.807) is 0 Å². The molecule has 0 rings (SSSR count). The lowest BCUT2D eigenvalue weighted by Crippen LogP contribution is -2.43. The summed E-state index contributed by atoms with van der Waals surface area (Å²) in [5, 5.41) is 9.63. The van der Waals surface area contributed by atoms with Gasteiger partial charge in [-0.1, -0.05) is 104 Å². The highest BCUT2D eigenvalue weighted by molar-refractivity contribution is 5.81. The van der Waals surface area contributed by atoms with Crippen molar-refractivity contribution in [3.8, 4) is 0 Å². The molecule has 1 N–H and O–H groups in total. The van der Waals surface area contributed by atoms with Crippen LogP contribution in [0, 0.1) is 0 Å². The molecule has 0 fully saturated rings. The van der Waals surface area contributed by atoms with Crippen molar-refractivity contribution >= 4 is 11.9 Å². The van der Waals surface area contributed by atoms with E-state index >= 15 is 0 Å². The van der Waals surface area contributed by atoms with E-state index in [4.69, 9.17) is 4.74 Å². The van der Waals surface area contributed by atoms with Gasteiger partial charge in [-0.05, 0) is 25.7 Å². The van der Waals surface area contributed by atoms with E-state index < -0.39 is 17.5 Å². The Morgan fingerprint density at radius 3 is 1.36 bits per heavy atom. The Balaban J connectivity index is 3.79. The van der Waals surface area contributed by atoms with Crippen LogP contribution in [0.2, 0.25) is 0 Å². The van der Waals surface area contributed by atoms with Crippen molar-refractivity contribution in [3.05, 3.63) is 0 Å². The normalized spacial score (nSPS) is 13.2. The van der Waals surface area contributed by atoms with Gasteiger partial charge in [0.1, 0.15) is 0 Å². The molecule has 166 valence electrons. The quantitative estimate of drug-likeness (QED) is 0.171. The molecule has 4 nitrogen and oxygen atoms in total. The van der Waals surface area contributed by atoms with Crippen LogP contribution in [0.3, 0.4) is 0 Å². The van der Waals surface area contributed by atoms with Gasteiger partial charge in [-0.2, -0.15) is 0 Å². The number of hydrogen-bond donors (Lipinski definition) is 1. The molecule has 0 aliphatic heterocycles. The number of hydrogen-bond acceptors (Lipinski definition) is 3. The Morgan fingerprint density at radius 1 is 0.643 bits per heavy atom. The monoisotopic (exact) mass is 398 g/mol. The first-order chi connectivity index (χ1) is 13.5. The summed E-state index contributed by atoms with van der Waals surface area (Å²) in [6, 6.07) is 0. The van der Waals surface area contributed by atoms with Crippen LogP contribution in [-0.4, -0.2) is 22.6 Å². The van der Waals surface area contributed by atoms with E-state index in [2.05, 4.69) is 6.92 Å². The molecular weight excluding hydrogens is 352 g/mol. The lowest BCUT2D eigenvalue weighted by molar-refractivity contribution is -0.179. The van der Waals surface area contributed by atoms with E-state index in [1.807, 2.05) is 6.92 Å². The maximum Gasteiger partial charge on any atom is 0.348 e. The Labute approximate surface area is 173 Å². The van der Waals surface area contributed by atoms with E-state index in [-0.39, 0.29) is 0 Å². The molecule has 28 heavy (non-hydrogen) atoms. The maximum absolute atomic E-state index is 11.8. The lowest BCUT2D eigenvalue weighted by Gasteiger charge is -2.29. The van der Waals surface area contributed by atoms with Gasteiger partial charge in [0.15, 0.2) is 0 Å². The number of carbonyl (C=O) groups is 2. The van der Waals surface area contributed by atoms with E-state index in [9.17, 15) is 14.7 Å². The largest absolute Gasteiger partial charge is 0.478 e. The highest BCUT2D eigenvalue weighted by Gasteiger charge is 2.40. The Kier molecular flexibility index (Phi) is 17.3. The van der Waals surface area contributed by atoms with Gasteiger partial charge in [-0.15, -0.1) is 0 Å². The topological polar surface area (TPSA) is 63.6 Å². The van der Waals surface area contributed by atoms with Crippen molar-refractivity contribution in [3.63, 3.8) is 0 Å². The van der Waals surface area contributed by atoms with Crippen LogP contribution in [0.25, 0.3) is 0 Å². The lowest BCUT2D eigenvalue weighted by atomic mass is 9.90. The molecule has 4 heteroatoms. The molecule has 1 atom stereocenters. The number of aliphatic carboxylic acids is 1. The van der Waals surface area contributed by atoms with Crippen LogP contribution in [0.5, 0.6) is 0 Å². The van der Waals surface area contributed by atoms with Crippen LogP contribution in [0.1, 0.15) is 136 Å². The third kappa shape index (κ3) is 14.0. The standard InChI is InChI=1S/C24H46O4/c1-4-6-8-9-10-11-12-13-14-15-16-17-18-19-21-24(23(26)27,20-7-5-2)28-22(3)25/h4-21H2,1-3H3,(H,26,27). The van der Waals surface area contributed by atoms with Crippen molar-refractivity contribution in [1.29, 1.82) is 0 Å². The SMILES string of the molecule is CCCCCCCCCCCCCCCCC(CCCC)(OC(C)=O)C(=O)O. The second-order valence-corrected chi connectivity index (χ2v) is 8.34. The van der Waals surface area contributed by atoms with Crippen LogP contribution < -0.4 is 0 Å². The van der Waals surface area contributed by atoms with Crippen LogP contribution in [0.4, 0.5) is 0 Å². The highest BCUT2D eigenvalue weighted by atomic mass is 16.6. The Bertz CT molecular complexity index is 394. The fourth-order valence-corrected chi connectivity index (χ4v) is 3.83. The molecule has 0 saturated heterocycles. The van der Waals surface area contributed by atoms with Crippen LogP contribution in [0.15, 0.2) is 0 Å². The summed E-state index contributed by atoms with van der Waals surface area (Å²) in [7, 11) is 0. The van der Waals surface area contributed by atoms with Crippen molar-refractivity contribution < 1.29 is 19.4 Å². The molecule has 0 spiro atoms. The van der Waals surface area contributed by atoms with Gasteiger partial charge in [-0.25, -0.2) is 4.79 Å². The van der Waals surface area contributed by atoms with E-state index in [0.29, 0.717) is 12.8 Å². The first-order valence-electron chi connectivity index (χ1n) is 11.9. The first kappa shape index (κ1) is 26.9. The summed E-state index contributed by atoms with van der Waals surface area (Å²) < 4.78 is 5.28. The number of carboxylic acids is 1. The number of esters is 1. The highest BCUT2D eigenvalue weighted by Crippen LogP contribution is 2.27. The fraction of sp³-hybridized carbons (Fsp3) is 0.917. The molecule has 0 heterocycles. The van der Waals surface area contributed by atoms with Gasteiger partial charge in [0.05, 0.1) is 0 Å². The summed E-state index contributed by atoms with van der Waals surface area (Å²) in [5.41, 5.74) is -1.32. The molecule has 0 aliphatic carbocycles. The van der Waals surface area contributed by atoms with E-state index in [1.165, 1.54) is 77.6 Å². The number of unbranched alkanes of at least 4 members (excludes halogenated alkanes) is 14. The second kappa shape index (κ2) is 18.0. The number of carbonyl (C=O) groups excluding carboxylic acids is 1. The minimum atomic E-state index is -1.32. The van der Waals surface area contributed by atoms with Crippen molar-refractivity contribution in [2.75, 3.05) is 0 Å². The smallest absolute Gasteiger partial charge is 0.348 e. The summed E-state index contributed by atoms with van der Waals surface area (Å²) in [5.74, 6) is -1.49. The molecule has 0 bridgehead atoms. The Morgan fingerprint density at radius 2 is 1.00 bits per heavy atom. The summed E-state index contributed by atoms with van der Waals surface area (Å²) in [6.07, 6.45) is 20.3. The fourth-order valence-electron chi connectivity index (χ4n) is 3.83. The van der Waals surface area contributed by atoms with Gasteiger partial charge in [0, 0.05) is 6.92 Å². The van der Waals surface area contributed by atoms with Crippen LogP contribution >= 0.6 is 0 Å². The zero-order valence-electron chi connectivity index (χ0n) is 18.9. The first-order valence-corrected chi connectivity index (χ1v) is 11.9. The molecule has 0 aromatic heterocycles. The molecule has 0 aromatic rings. The molecule has 0 aliphatic rings. The third-order valence-electron chi connectivity index (χ3n) is 5.60. The predicted molar refractivity (Wildman–Crippen MR) is 117 cm³/mol. The zero-order chi connectivity index (χ0) is 21.1. The number of ether oxygens (including phenoxy) is 1. The molecular formula is C24H46O4. The zero-order valence-corrected chi connectivity index (χ0v) is 18.9. The number of carboxylic acid groups (broad SMARTS) is 1. The molecule has 1 unspecified atom stereocenters. The van der Waals surface area contributed by atoms with Crippen LogP contribution in [-0.2, 0) is 14.3 Å². The Hall–Kier alpha value is -1.06. The van der Waals surface area contributed by atoms with Crippen molar-refractivity contribution in [1.82, 2.24) is 0 Å². The minimum absolute atomic E-state index is 0.414. The second-order valence-electron chi connectivity index (χ2n) is 8.34. The molecule has 0 aromatic carbocycles. The molecule has 0 amide bonds. The minimum Gasteiger partial charge on any atom is -0.478 e. The average Bonchev–Trinajstić information content (AvgIpc) is 2.65. The van der Waals surface area contributed by atoms with Gasteiger partial charge < -0.3 is 9.84 Å². The van der Waals surface area contributed by atoms with Gasteiger partial charge in [0.25, 0.3) is 0 Å². The summed E-state index contributed by atoms with van der Waals surface area (Å²) in [4.78, 5) is 23.1. The summed E-state index contributed by atoms with van der Waals surface area (Å²) >= 11 is 0.